The van der Waals surface area contributed by atoms with E-state index in [0.717, 1.165) is 152 Å². The molecular formula is C89H101F6N11O2S3. The minimum absolute atomic E-state index is 0.00165. The van der Waals surface area contributed by atoms with E-state index in [1.165, 1.54) is 71.1 Å². The zero-order valence-electron chi connectivity index (χ0n) is 65.2. The number of hydrogen-bond donors (Lipinski definition) is 2. The molecule has 0 saturated carbocycles. The number of likely N-dealkylation sites (tertiary alicyclic amines) is 3. The number of carbonyl (C=O) groups excluding carboxylic acids is 1. The number of aryl methyl sites for hydroxylation is 2. The highest BCUT2D eigenvalue weighted by Crippen LogP contribution is 2.55. The number of aromatic nitrogens is 3. The summed E-state index contributed by atoms with van der Waals surface area (Å²) in [7, 11) is 0. The first-order chi connectivity index (χ1) is 53.0. The van der Waals surface area contributed by atoms with Gasteiger partial charge in [0.05, 0.1) is 44.9 Å². The van der Waals surface area contributed by atoms with Gasteiger partial charge in [0.2, 0.25) is 0 Å². The van der Waals surface area contributed by atoms with Crippen LogP contribution in [-0.2, 0) is 39.8 Å². The molecule has 3 aromatic heterocycles. The Morgan fingerprint density at radius 3 is 1.28 bits per heavy atom. The third-order valence-electron chi connectivity index (χ3n) is 22.8. The van der Waals surface area contributed by atoms with Crippen LogP contribution in [-0.4, -0.2) is 121 Å². The smallest absolute Gasteiger partial charge is 0.435 e. The number of nitrogens with one attached hydrogen (secondary N) is 2. The van der Waals surface area contributed by atoms with Crippen LogP contribution in [0.4, 0.5) is 82.1 Å². The van der Waals surface area contributed by atoms with Crippen molar-refractivity contribution in [2.75, 3.05) is 110 Å². The van der Waals surface area contributed by atoms with E-state index < -0.39 is 34.6 Å². The lowest BCUT2D eigenvalue weighted by atomic mass is 9.74. The standard InChI is InChI=1S/C33H35F3N4S.C28H30F3N3O2S.C28H36N4S/c1-31(2,3)21-39-19-17-32(18-20-39)22-40(26-15-9-7-13-24(26)32)27-16-10-8-14-25(27)37-30-38-29(33(34,35)36)28(41-30)23-11-5-4-6-12-23;1-3-33-15-13-27(14-16-33)18-34(22-12-8-6-10-20(22)27)21-11-7-5-9-19(21)17-23-32-25(28(29,30)31)24(37-23)26(35)36-4-2;1-20-21(2)33-26(29-20)30-23-11-7-9-13-25(23)32-19-28(22-10-6-8-12-24(22)32)14-16-31(17-15-28)18-27(3,4)5/h4-16H,17-22H2,1-3H3,(H,37,38);5-12H,3-4,13-18H2,1-2H3;6-13H,14-19H2,1-5H3,(H,29,30). The Morgan fingerprint density at radius 1 is 0.459 bits per heavy atom. The zero-order valence-corrected chi connectivity index (χ0v) is 67.7. The van der Waals surface area contributed by atoms with Gasteiger partial charge in [-0.1, -0.05) is 187 Å². The first kappa shape index (κ1) is 79.0. The minimum atomic E-state index is -4.73. The van der Waals surface area contributed by atoms with Crippen LogP contribution in [0, 0.1) is 24.7 Å². The Balaban J connectivity index is 0.000000139. The van der Waals surface area contributed by atoms with Gasteiger partial charge in [-0.3, -0.25) is 0 Å². The Hall–Kier alpha value is -8.64. The van der Waals surface area contributed by atoms with Gasteiger partial charge in [0, 0.05) is 83.0 Å². The zero-order chi connectivity index (χ0) is 78.3. The van der Waals surface area contributed by atoms with Gasteiger partial charge in [-0.05, 0) is 192 Å². The predicted molar refractivity (Wildman–Crippen MR) is 443 cm³/mol. The van der Waals surface area contributed by atoms with Gasteiger partial charge in [0.1, 0.15) is 4.88 Å². The highest BCUT2D eigenvalue weighted by molar-refractivity contribution is 7.19. The van der Waals surface area contributed by atoms with Crippen LogP contribution in [0.15, 0.2) is 176 Å². The summed E-state index contributed by atoms with van der Waals surface area (Å²) in [6.07, 6.45) is -2.36. The fourth-order valence-corrected chi connectivity index (χ4v) is 20.4. The summed E-state index contributed by atoms with van der Waals surface area (Å²) in [6, 6.07) is 59.2. The number of halogens is 6. The van der Waals surface area contributed by atoms with Crippen molar-refractivity contribution in [3.8, 4) is 10.4 Å². The minimum Gasteiger partial charge on any atom is -0.462 e. The molecule has 0 unspecified atom stereocenters. The maximum absolute atomic E-state index is 14.0. The third kappa shape index (κ3) is 17.2. The number of piperidine rings is 3. The highest BCUT2D eigenvalue weighted by Gasteiger charge is 2.50. The van der Waals surface area contributed by atoms with Crippen molar-refractivity contribution >= 4 is 95.7 Å². The van der Waals surface area contributed by atoms with Crippen LogP contribution >= 0.6 is 34.0 Å². The average Bonchev–Trinajstić information content (AvgIpc) is 1.59. The number of benzene rings is 7. The molecule has 3 saturated heterocycles. The second kappa shape index (κ2) is 32.1. The van der Waals surface area contributed by atoms with E-state index in [1.54, 1.807) is 48.6 Å². The second-order valence-corrected chi connectivity index (χ2v) is 36.4. The summed E-state index contributed by atoms with van der Waals surface area (Å²) >= 11 is 3.52. The van der Waals surface area contributed by atoms with Crippen molar-refractivity contribution in [1.82, 2.24) is 29.7 Å². The van der Waals surface area contributed by atoms with Crippen molar-refractivity contribution < 1.29 is 35.9 Å². The second-order valence-electron chi connectivity index (χ2n) is 33.1. The molecule has 2 N–H and O–H groups in total. The van der Waals surface area contributed by atoms with Crippen molar-refractivity contribution in [1.29, 1.82) is 0 Å². The molecule has 3 spiro atoms. The van der Waals surface area contributed by atoms with E-state index in [2.05, 4.69) is 203 Å². The fourth-order valence-electron chi connectivity index (χ4n) is 17.5. The lowest BCUT2D eigenvalue weighted by Crippen LogP contribution is -2.46. The maximum atomic E-state index is 14.0. The molecule has 0 atom stereocenters. The Bertz CT molecular complexity index is 4880. The number of carbonyl (C=O) groups is 1. The topological polar surface area (TPSA) is 108 Å². The molecule has 22 heteroatoms. The quantitative estimate of drug-likeness (QED) is 0.0752. The molecule has 6 aliphatic heterocycles. The molecule has 0 amide bonds. The summed E-state index contributed by atoms with van der Waals surface area (Å²) in [5.41, 5.74) is 14.3. The fraction of sp³-hybridized carbons (Fsp3) is 0.416. The summed E-state index contributed by atoms with van der Waals surface area (Å²) < 4.78 is 87.9. The number of rotatable bonds is 15. The molecule has 9 heterocycles. The predicted octanol–water partition coefficient (Wildman–Crippen LogP) is 22.6. The Labute approximate surface area is 661 Å². The van der Waals surface area contributed by atoms with Gasteiger partial charge < -0.3 is 44.8 Å². The Kier molecular flexibility index (Phi) is 22.8. The van der Waals surface area contributed by atoms with Crippen molar-refractivity contribution in [3.63, 3.8) is 0 Å². The Morgan fingerprint density at radius 2 is 0.856 bits per heavy atom. The number of hydrogen-bond acceptors (Lipinski definition) is 16. The molecular weight excluding hydrogens is 1470 g/mol. The van der Waals surface area contributed by atoms with Gasteiger partial charge in [0.25, 0.3) is 0 Å². The van der Waals surface area contributed by atoms with E-state index in [9.17, 15) is 31.1 Å². The highest BCUT2D eigenvalue weighted by atomic mass is 32.1. The van der Waals surface area contributed by atoms with Gasteiger partial charge in [-0.25, -0.2) is 19.7 Å². The molecule has 584 valence electrons. The molecule has 0 radical (unpaired) electrons. The molecule has 0 bridgehead atoms. The molecule has 7 aromatic carbocycles. The monoisotopic (exact) mass is 1570 g/mol. The number of fused-ring (bicyclic) bond motifs is 6. The van der Waals surface area contributed by atoms with Crippen LogP contribution in [0.25, 0.3) is 10.4 Å². The molecule has 10 aromatic rings. The van der Waals surface area contributed by atoms with Crippen LogP contribution in [0.3, 0.4) is 0 Å². The third-order valence-corrected chi connectivity index (χ3v) is 25.9. The largest absolute Gasteiger partial charge is 0.462 e. The van der Waals surface area contributed by atoms with E-state index in [0.29, 0.717) is 11.0 Å². The number of ether oxygens (including phenoxy) is 1. The summed E-state index contributed by atoms with van der Waals surface area (Å²) in [4.78, 5) is 40.7. The maximum Gasteiger partial charge on any atom is 0.435 e. The van der Waals surface area contributed by atoms with E-state index in [1.807, 2.05) is 54.6 Å². The number of alkyl halides is 6. The van der Waals surface area contributed by atoms with Gasteiger partial charge in [0.15, 0.2) is 21.7 Å². The number of anilines is 10. The molecule has 0 aliphatic carbocycles. The van der Waals surface area contributed by atoms with Gasteiger partial charge in [-0.2, -0.15) is 26.3 Å². The van der Waals surface area contributed by atoms with Crippen LogP contribution < -0.4 is 25.3 Å². The van der Waals surface area contributed by atoms with E-state index in [-0.39, 0.29) is 49.7 Å². The molecule has 13 nitrogen and oxygen atoms in total. The summed E-state index contributed by atoms with van der Waals surface area (Å²) in [5, 5.41) is 8.32. The van der Waals surface area contributed by atoms with Crippen molar-refractivity contribution in [2.24, 2.45) is 10.8 Å². The van der Waals surface area contributed by atoms with E-state index >= 15 is 0 Å². The van der Waals surface area contributed by atoms with Gasteiger partial charge in [-0.15, -0.1) is 22.7 Å². The first-order valence-corrected chi connectivity index (χ1v) is 41.4. The SMILES string of the molecule is CC(C)(C)CN1CCC2(CC1)CN(c1ccccc1Nc1nc(C(F)(F)F)c(-c3ccccc3)s1)c1ccccc12.CCOC(=O)c1sc(Cc2ccccc2N2CC3(CCN(CC)CC3)c3ccccc32)nc1C(F)(F)F.Cc1nc(Nc2ccccc2N2CC3(CCN(CC(C)(C)C)CC3)c3ccccc32)sc1C. The summed E-state index contributed by atoms with van der Waals surface area (Å²) in [5.74, 6) is -0.985. The number of esters is 1. The van der Waals surface area contributed by atoms with E-state index in [4.69, 9.17) is 9.72 Å². The average molecular weight is 1570 g/mol. The molecule has 3 fully saturated rings. The lowest BCUT2D eigenvalue weighted by Gasteiger charge is -2.42. The molecule has 6 aliphatic rings. The number of nitrogens with zero attached hydrogens (tertiary/aromatic N) is 9. The van der Waals surface area contributed by atoms with Crippen LogP contribution in [0.5, 0.6) is 0 Å². The van der Waals surface area contributed by atoms with Crippen molar-refractivity contribution in [3.05, 3.63) is 230 Å². The van der Waals surface area contributed by atoms with Crippen LogP contribution in [0.1, 0.15) is 153 Å². The number of thiazole rings is 3. The molecule has 111 heavy (non-hydrogen) atoms. The first-order valence-electron chi connectivity index (χ1n) is 38.9. The molecule has 16 rings (SSSR count). The van der Waals surface area contributed by atoms with Gasteiger partial charge >= 0.3 is 18.3 Å². The number of para-hydroxylation sites is 8. The van der Waals surface area contributed by atoms with Crippen LogP contribution in [0.2, 0.25) is 0 Å². The lowest BCUT2D eigenvalue weighted by molar-refractivity contribution is -0.141. The normalized spacial score (nSPS) is 17.5. The van der Waals surface area contributed by atoms with Crippen molar-refractivity contribution in [2.45, 2.75) is 143 Å². The summed E-state index contributed by atoms with van der Waals surface area (Å²) in [6.45, 7) is 34.5.